The van der Waals surface area contributed by atoms with E-state index in [1.54, 1.807) is 17.7 Å². The van der Waals surface area contributed by atoms with Crippen molar-refractivity contribution < 1.29 is 32.3 Å². The van der Waals surface area contributed by atoms with Crippen molar-refractivity contribution in [1.82, 2.24) is 10.8 Å². The maximum Gasteiger partial charge on any atom is 0.431 e. The molecule has 0 radical (unpaired) electrons. The summed E-state index contributed by atoms with van der Waals surface area (Å²) >= 11 is 0. The Balaban J connectivity index is 3.55. The van der Waals surface area contributed by atoms with Crippen molar-refractivity contribution in [1.29, 1.82) is 0 Å². The second-order valence-electron chi connectivity index (χ2n) is 2.50. The zero-order valence-electron chi connectivity index (χ0n) is 8.39. The van der Waals surface area contributed by atoms with Crippen molar-refractivity contribution in [3.63, 3.8) is 0 Å². The summed E-state index contributed by atoms with van der Waals surface area (Å²) in [5.41, 5.74) is 1.71. The predicted octanol–water partition coefficient (Wildman–Crippen LogP) is 0.343. The molecule has 0 aliphatic carbocycles. The van der Waals surface area contributed by atoms with Crippen molar-refractivity contribution in [2.45, 2.75) is 13.1 Å². The monoisotopic (exact) mass is 244 g/mol. The summed E-state index contributed by atoms with van der Waals surface area (Å²) in [6, 6.07) is 0. The van der Waals surface area contributed by atoms with Gasteiger partial charge in [-0.05, 0) is 6.92 Å². The smallest absolute Gasteiger partial charge is 0.431 e. The van der Waals surface area contributed by atoms with Gasteiger partial charge in [0.05, 0.1) is 6.61 Å². The molecule has 0 aliphatic rings. The van der Waals surface area contributed by atoms with Crippen LogP contribution >= 0.6 is 0 Å². The Morgan fingerprint density at radius 2 is 1.94 bits per heavy atom. The molecule has 0 saturated carbocycles. The third kappa shape index (κ3) is 9.06. The molecule has 0 bridgehead atoms. The Morgan fingerprint density at radius 1 is 1.31 bits per heavy atom. The van der Waals surface area contributed by atoms with Gasteiger partial charge in [-0.3, -0.25) is 9.63 Å². The molecule has 0 rings (SSSR count). The van der Waals surface area contributed by atoms with Gasteiger partial charge in [0.1, 0.15) is 6.54 Å². The molecular formula is C7H11F3N2O4. The largest absolute Gasteiger partial charge is 0.448 e. The number of halogens is 3. The third-order valence-electron chi connectivity index (χ3n) is 1.12. The van der Waals surface area contributed by atoms with Crippen LogP contribution in [0.3, 0.4) is 0 Å². The number of ether oxygens (including phenoxy) is 1. The van der Waals surface area contributed by atoms with E-state index in [0.29, 0.717) is 0 Å². The number of hydrogen-bond donors (Lipinski definition) is 2. The van der Waals surface area contributed by atoms with Crippen molar-refractivity contribution in [3.05, 3.63) is 0 Å². The first-order valence-electron chi connectivity index (χ1n) is 4.23. The van der Waals surface area contributed by atoms with Gasteiger partial charge in [0.15, 0.2) is 6.61 Å². The Bertz CT molecular complexity index is 244. The van der Waals surface area contributed by atoms with Gasteiger partial charge >= 0.3 is 12.3 Å². The SMILES string of the molecule is CCOC(=O)NOCC(=O)NCC(F)(F)F. The Morgan fingerprint density at radius 3 is 2.44 bits per heavy atom. The Hall–Kier alpha value is -1.51. The van der Waals surface area contributed by atoms with Gasteiger partial charge in [-0.1, -0.05) is 0 Å². The summed E-state index contributed by atoms with van der Waals surface area (Å²) < 4.78 is 39.2. The number of hydroxylamine groups is 1. The minimum absolute atomic E-state index is 0.107. The molecule has 2 N–H and O–H groups in total. The summed E-state index contributed by atoms with van der Waals surface area (Å²) in [5, 5.41) is 1.55. The van der Waals surface area contributed by atoms with Crippen LogP contribution in [0.2, 0.25) is 0 Å². The van der Waals surface area contributed by atoms with E-state index >= 15 is 0 Å². The molecule has 0 aromatic heterocycles. The topological polar surface area (TPSA) is 76.7 Å². The average molecular weight is 244 g/mol. The minimum Gasteiger partial charge on any atom is -0.448 e. The molecule has 6 nitrogen and oxygen atoms in total. The molecule has 0 aromatic carbocycles. The quantitative estimate of drug-likeness (QED) is 0.684. The normalized spacial score (nSPS) is 10.8. The first-order chi connectivity index (χ1) is 7.35. The predicted molar refractivity (Wildman–Crippen MR) is 45.2 cm³/mol. The molecule has 0 heterocycles. The van der Waals surface area contributed by atoms with Crippen LogP contribution in [0.15, 0.2) is 0 Å². The molecule has 0 atom stereocenters. The number of rotatable bonds is 5. The highest BCUT2D eigenvalue weighted by Gasteiger charge is 2.27. The molecule has 16 heavy (non-hydrogen) atoms. The lowest BCUT2D eigenvalue weighted by atomic mass is 10.5. The Labute approximate surface area is 89.0 Å². The van der Waals surface area contributed by atoms with Gasteiger partial charge in [0.2, 0.25) is 5.91 Å². The van der Waals surface area contributed by atoms with E-state index in [1.807, 2.05) is 0 Å². The summed E-state index contributed by atoms with van der Waals surface area (Å²) in [6.45, 7) is -0.519. The summed E-state index contributed by atoms with van der Waals surface area (Å²) in [7, 11) is 0. The van der Waals surface area contributed by atoms with Crippen LogP contribution in [-0.2, 0) is 14.4 Å². The number of alkyl halides is 3. The zero-order valence-corrected chi connectivity index (χ0v) is 8.39. The van der Waals surface area contributed by atoms with Gasteiger partial charge in [-0.2, -0.15) is 18.7 Å². The van der Waals surface area contributed by atoms with E-state index in [2.05, 4.69) is 9.57 Å². The van der Waals surface area contributed by atoms with Crippen LogP contribution in [0, 0.1) is 0 Å². The van der Waals surface area contributed by atoms with Gasteiger partial charge in [0, 0.05) is 0 Å². The summed E-state index contributed by atoms with van der Waals surface area (Å²) in [5.74, 6) is -1.01. The van der Waals surface area contributed by atoms with Crippen LogP contribution in [0.1, 0.15) is 6.92 Å². The molecule has 0 unspecified atom stereocenters. The summed E-state index contributed by atoms with van der Waals surface area (Å²) in [4.78, 5) is 25.5. The van der Waals surface area contributed by atoms with E-state index < -0.39 is 31.3 Å². The first-order valence-corrected chi connectivity index (χ1v) is 4.23. The number of amides is 2. The lowest BCUT2D eigenvalue weighted by molar-refractivity contribution is -0.142. The number of hydrogen-bond acceptors (Lipinski definition) is 4. The van der Waals surface area contributed by atoms with E-state index in [4.69, 9.17) is 0 Å². The number of carbonyl (C=O) groups excluding carboxylic acids is 2. The molecule has 2 amide bonds. The van der Waals surface area contributed by atoms with Gasteiger partial charge < -0.3 is 10.1 Å². The van der Waals surface area contributed by atoms with Gasteiger partial charge in [-0.25, -0.2) is 4.79 Å². The maximum absolute atomic E-state index is 11.6. The highest BCUT2D eigenvalue weighted by atomic mass is 19.4. The van der Waals surface area contributed by atoms with Crippen molar-refractivity contribution >= 4 is 12.0 Å². The van der Waals surface area contributed by atoms with E-state index in [-0.39, 0.29) is 6.61 Å². The Kier molecular flexibility index (Phi) is 6.23. The van der Waals surface area contributed by atoms with Gasteiger partial charge in [0.25, 0.3) is 0 Å². The molecule has 9 heteroatoms. The summed E-state index contributed by atoms with van der Waals surface area (Å²) in [6.07, 6.45) is -5.41. The maximum atomic E-state index is 11.6. The molecule has 94 valence electrons. The van der Waals surface area contributed by atoms with Crippen LogP contribution in [0.5, 0.6) is 0 Å². The van der Waals surface area contributed by atoms with Gasteiger partial charge in [-0.15, -0.1) is 0 Å². The number of carbonyl (C=O) groups is 2. The van der Waals surface area contributed by atoms with E-state index in [0.717, 1.165) is 0 Å². The molecule has 0 aromatic rings. The standard InChI is InChI=1S/C7H11F3N2O4/c1-2-15-6(14)12-16-3-5(13)11-4-7(8,9)10/h2-4H2,1H3,(H,11,13)(H,12,14). The minimum atomic E-state index is -4.48. The molecular weight excluding hydrogens is 233 g/mol. The van der Waals surface area contributed by atoms with Crippen LogP contribution in [-0.4, -0.2) is 37.9 Å². The average Bonchev–Trinajstić information content (AvgIpc) is 2.14. The van der Waals surface area contributed by atoms with E-state index in [1.165, 1.54) is 0 Å². The fraction of sp³-hybridized carbons (Fsp3) is 0.714. The lowest BCUT2D eigenvalue weighted by Crippen LogP contribution is -2.38. The third-order valence-corrected chi connectivity index (χ3v) is 1.12. The second kappa shape index (κ2) is 6.88. The van der Waals surface area contributed by atoms with Crippen LogP contribution in [0.25, 0.3) is 0 Å². The zero-order chi connectivity index (χ0) is 12.6. The number of nitrogens with one attached hydrogen (secondary N) is 2. The highest BCUT2D eigenvalue weighted by molar-refractivity contribution is 5.77. The fourth-order valence-electron chi connectivity index (χ4n) is 0.571. The van der Waals surface area contributed by atoms with Crippen molar-refractivity contribution in [2.75, 3.05) is 19.8 Å². The molecule has 0 fully saturated rings. The fourth-order valence-corrected chi connectivity index (χ4v) is 0.571. The first kappa shape index (κ1) is 14.5. The van der Waals surface area contributed by atoms with Crippen molar-refractivity contribution in [3.8, 4) is 0 Å². The highest BCUT2D eigenvalue weighted by Crippen LogP contribution is 2.11. The lowest BCUT2D eigenvalue weighted by Gasteiger charge is -2.08. The second-order valence-corrected chi connectivity index (χ2v) is 2.50. The van der Waals surface area contributed by atoms with Crippen LogP contribution < -0.4 is 10.8 Å². The molecule has 0 spiro atoms. The van der Waals surface area contributed by atoms with E-state index in [9.17, 15) is 22.8 Å². The molecule has 0 saturated heterocycles. The molecule has 0 aliphatic heterocycles. The van der Waals surface area contributed by atoms with Crippen LogP contribution in [0.4, 0.5) is 18.0 Å². The van der Waals surface area contributed by atoms with Crippen molar-refractivity contribution in [2.24, 2.45) is 0 Å².